The van der Waals surface area contributed by atoms with E-state index in [0.29, 0.717) is 18.2 Å². The summed E-state index contributed by atoms with van der Waals surface area (Å²) in [6.07, 6.45) is 2.11. The molecule has 82 valence electrons. The average molecular weight is 218 g/mol. The molecule has 2 aliphatic rings. The van der Waals surface area contributed by atoms with Crippen molar-refractivity contribution in [3.63, 3.8) is 0 Å². The fraction of sp³-hybridized carbons (Fsp3) is 0.364. The number of nitro groups is 1. The van der Waals surface area contributed by atoms with Gasteiger partial charge in [0.25, 0.3) is 11.6 Å². The maximum atomic E-state index is 11.9. The molecule has 1 saturated carbocycles. The smallest absolute Gasteiger partial charge is 0.269 e. The van der Waals surface area contributed by atoms with Crippen molar-refractivity contribution in [2.24, 2.45) is 0 Å². The summed E-state index contributed by atoms with van der Waals surface area (Å²) in [7, 11) is 0. The number of nitro benzene ring substituents is 1. The Morgan fingerprint density at radius 3 is 2.75 bits per heavy atom. The molecule has 0 spiro atoms. The van der Waals surface area contributed by atoms with E-state index in [4.69, 9.17) is 0 Å². The Labute approximate surface area is 91.8 Å². The lowest BCUT2D eigenvalue weighted by atomic mass is 10.1. The van der Waals surface area contributed by atoms with E-state index in [2.05, 4.69) is 0 Å². The van der Waals surface area contributed by atoms with Crippen LogP contribution in [0, 0.1) is 10.1 Å². The molecule has 0 N–H and O–H groups in total. The molecule has 1 amide bonds. The van der Waals surface area contributed by atoms with Gasteiger partial charge >= 0.3 is 0 Å². The monoisotopic (exact) mass is 218 g/mol. The van der Waals surface area contributed by atoms with Crippen LogP contribution in [0.25, 0.3) is 0 Å². The third kappa shape index (κ3) is 1.28. The van der Waals surface area contributed by atoms with Gasteiger partial charge in [-0.25, -0.2) is 0 Å². The predicted molar refractivity (Wildman–Crippen MR) is 56.0 cm³/mol. The minimum Gasteiger partial charge on any atom is -0.331 e. The molecule has 3 rings (SSSR count). The Morgan fingerprint density at radius 1 is 1.38 bits per heavy atom. The molecule has 0 unspecified atom stereocenters. The summed E-state index contributed by atoms with van der Waals surface area (Å²) in [6, 6.07) is 4.83. The van der Waals surface area contributed by atoms with Gasteiger partial charge in [0.15, 0.2) is 0 Å². The molecule has 0 radical (unpaired) electrons. The number of rotatable bonds is 2. The van der Waals surface area contributed by atoms with Crippen molar-refractivity contribution >= 4 is 11.6 Å². The number of amides is 1. The van der Waals surface area contributed by atoms with Crippen LogP contribution in [0.3, 0.4) is 0 Å². The second-order valence-electron chi connectivity index (χ2n) is 4.26. The highest BCUT2D eigenvalue weighted by Crippen LogP contribution is 2.35. The summed E-state index contributed by atoms with van der Waals surface area (Å²) in [4.78, 5) is 23.9. The van der Waals surface area contributed by atoms with Gasteiger partial charge in [-0.1, -0.05) is 0 Å². The van der Waals surface area contributed by atoms with Crippen LogP contribution < -0.4 is 0 Å². The standard InChI is InChI=1S/C11H10N2O3/c14-11-10-4-3-9(13(15)16)5-7(10)6-12(11)8-1-2-8/h3-5,8H,1-2,6H2. The van der Waals surface area contributed by atoms with Crippen LogP contribution in [0.15, 0.2) is 18.2 Å². The third-order valence-corrected chi connectivity index (χ3v) is 3.12. The Balaban J connectivity index is 1.98. The van der Waals surface area contributed by atoms with Gasteiger partial charge in [0.05, 0.1) is 4.92 Å². The molecule has 1 aromatic carbocycles. The lowest BCUT2D eigenvalue weighted by Gasteiger charge is -2.13. The fourth-order valence-corrected chi connectivity index (χ4v) is 2.12. The quantitative estimate of drug-likeness (QED) is 0.560. The molecule has 1 aliphatic carbocycles. The highest BCUT2D eigenvalue weighted by molar-refractivity contribution is 5.99. The molecule has 0 saturated heterocycles. The van der Waals surface area contributed by atoms with E-state index in [-0.39, 0.29) is 11.6 Å². The molecule has 0 atom stereocenters. The highest BCUT2D eigenvalue weighted by atomic mass is 16.6. The number of carbonyl (C=O) groups excluding carboxylic acids is 1. The van der Waals surface area contributed by atoms with Crippen molar-refractivity contribution in [2.75, 3.05) is 0 Å². The van der Waals surface area contributed by atoms with E-state index < -0.39 is 4.92 Å². The van der Waals surface area contributed by atoms with E-state index >= 15 is 0 Å². The van der Waals surface area contributed by atoms with Crippen LogP contribution in [0.2, 0.25) is 0 Å². The lowest BCUT2D eigenvalue weighted by Crippen LogP contribution is -2.25. The molecule has 0 bridgehead atoms. The van der Waals surface area contributed by atoms with Crippen LogP contribution in [0.4, 0.5) is 5.69 Å². The van der Waals surface area contributed by atoms with Gasteiger partial charge in [-0.15, -0.1) is 0 Å². The van der Waals surface area contributed by atoms with Crippen LogP contribution in [-0.4, -0.2) is 21.8 Å². The number of benzene rings is 1. The SMILES string of the molecule is O=C1c2ccc([N+](=O)[O-])cc2CN1C1CC1. The topological polar surface area (TPSA) is 63.4 Å². The van der Waals surface area contributed by atoms with Gasteiger partial charge in [0, 0.05) is 30.3 Å². The first-order valence-electron chi connectivity index (χ1n) is 5.25. The number of nitrogens with zero attached hydrogens (tertiary/aromatic N) is 2. The van der Waals surface area contributed by atoms with Crippen molar-refractivity contribution in [2.45, 2.75) is 25.4 Å². The molecular formula is C11H10N2O3. The second kappa shape index (κ2) is 3.04. The summed E-state index contributed by atoms with van der Waals surface area (Å²) < 4.78 is 0. The molecular weight excluding hydrogens is 208 g/mol. The number of hydrogen-bond donors (Lipinski definition) is 0. The van der Waals surface area contributed by atoms with Crippen molar-refractivity contribution in [1.82, 2.24) is 4.90 Å². The Morgan fingerprint density at radius 2 is 2.12 bits per heavy atom. The predicted octanol–water partition coefficient (Wildman–Crippen LogP) is 1.71. The largest absolute Gasteiger partial charge is 0.331 e. The summed E-state index contributed by atoms with van der Waals surface area (Å²) in [5.41, 5.74) is 1.47. The summed E-state index contributed by atoms with van der Waals surface area (Å²) >= 11 is 0. The normalized spacial score (nSPS) is 18.8. The minimum atomic E-state index is -0.426. The van der Waals surface area contributed by atoms with Crippen LogP contribution in [-0.2, 0) is 6.54 Å². The van der Waals surface area contributed by atoms with E-state index in [1.807, 2.05) is 4.90 Å². The van der Waals surface area contributed by atoms with Crippen molar-refractivity contribution < 1.29 is 9.72 Å². The Hall–Kier alpha value is -1.91. The third-order valence-electron chi connectivity index (χ3n) is 3.12. The lowest BCUT2D eigenvalue weighted by molar-refractivity contribution is -0.384. The van der Waals surface area contributed by atoms with E-state index in [1.54, 1.807) is 6.07 Å². The molecule has 1 aliphatic heterocycles. The molecule has 1 fully saturated rings. The van der Waals surface area contributed by atoms with Gasteiger partial charge in [0.1, 0.15) is 0 Å². The zero-order valence-corrected chi connectivity index (χ0v) is 8.55. The van der Waals surface area contributed by atoms with E-state index in [0.717, 1.165) is 18.4 Å². The Kier molecular flexibility index (Phi) is 1.77. The zero-order chi connectivity index (χ0) is 11.3. The Bertz CT molecular complexity index is 494. The number of non-ortho nitro benzene ring substituents is 1. The molecule has 16 heavy (non-hydrogen) atoms. The maximum absolute atomic E-state index is 11.9. The van der Waals surface area contributed by atoms with Crippen LogP contribution in [0.5, 0.6) is 0 Å². The minimum absolute atomic E-state index is 0.0207. The number of fused-ring (bicyclic) bond motifs is 1. The highest BCUT2D eigenvalue weighted by Gasteiger charge is 2.38. The van der Waals surface area contributed by atoms with Crippen LogP contribution in [0.1, 0.15) is 28.8 Å². The summed E-state index contributed by atoms with van der Waals surface area (Å²) in [6.45, 7) is 0.528. The number of hydrogen-bond acceptors (Lipinski definition) is 3. The molecule has 1 heterocycles. The van der Waals surface area contributed by atoms with Gasteiger partial charge in [-0.05, 0) is 24.5 Å². The van der Waals surface area contributed by atoms with Gasteiger partial charge in [0.2, 0.25) is 0 Å². The summed E-state index contributed by atoms with van der Waals surface area (Å²) in [5, 5.41) is 10.6. The first-order chi connectivity index (χ1) is 7.66. The first kappa shape index (κ1) is 9.33. The van der Waals surface area contributed by atoms with Crippen molar-refractivity contribution in [1.29, 1.82) is 0 Å². The molecule has 5 heteroatoms. The molecule has 5 nitrogen and oxygen atoms in total. The fourth-order valence-electron chi connectivity index (χ4n) is 2.12. The van der Waals surface area contributed by atoms with Crippen molar-refractivity contribution in [3.05, 3.63) is 39.4 Å². The summed E-state index contributed by atoms with van der Waals surface area (Å²) in [5.74, 6) is 0.0207. The number of carbonyl (C=O) groups is 1. The van der Waals surface area contributed by atoms with E-state index in [9.17, 15) is 14.9 Å². The first-order valence-corrected chi connectivity index (χ1v) is 5.25. The molecule has 1 aromatic rings. The zero-order valence-electron chi connectivity index (χ0n) is 8.55. The average Bonchev–Trinajstić information content (AvgIpc) is 3.04. The van der Waals surface area contributed by atoms with Gasteiger partial charge in [-0.3, -0.25) is 14.9 Å². The van der Waals surface area contributed by atoms with Gasteiger partial charge < -0.3 is 4.90 Å². The van der Waals surface area contributed by atoms with Crippen LogP contribution >= 0.6 is 0 Å². The molecule has 0 aromatic heterocycles. The van der Waals surface area contributed by atoms with E-state index in [1.165, 1.54) is 12.1 Å². The second-order valence-corrected chi connectivity index (χ2v) is 4.26. The van der Waals surface area contributed by atoms with Crippen molar-refractivity contribution in [3.8, 4) is 0 Å². The maximum Gasteiger partial charge on any atom is 0.269 e. The van der Waals surface area contributed by atoms with Gasteiger partial charge in [-0.2, -0.15) is 0 Å².